The van der Waals surface area contributed by atoms with Gasteiger partial charge in [0.05, 0.1) is 66.8 Å². The Balaban J connectivity index is 0.663. The summed E-state index contributed by atoms with van der Waals surface area (Å²) >= 11 is 1.57. The molecule has 3 saturated heterocycles. The van der Waals surface area contributed by atoms with Crippen molar-refractivity contribution in [1.29, 1.82) is 0 Å². The fourth-order valence-electron chi connectivity index (χ4n) is 10.2. The third kappa shape index (κ3) is 12.9. The van der Waals surface area contributed by atoms with Crippen LogP contribution in [0.15, 0.2) is 95.7 Å². The van der Waals surface area contributed by atoms with E-state index in [0.29, 0.717) is 26.2 Å². The molecule has 2 aromatic carbocycles. The Bertz CT molecular complexity index is 2770. The third-order valence-corrected chi connectivity index (χ3v) is 15.3. The summed E-state index contributed by atoms with van der Waals surface area (Å²) in [6.45, 7) is 11.7. The number of hydrogen-bond acceptors (Lipinski definition) is 15. The molecule has 0 saturated carbocycles. The number of halogens is 1. The van der Waals surface area contributed by atoms with Gasteiger partial charge in [-0.3, -0.25) is 19.2 Å². The van der Waals surface area contributed by atoms with E-state index in [1.54, 1.807) is 23.5 Å². The van der Waals surface area contributed by atoms with Gasteiger partial charge in [-0.1, -0.05) is 63.2 Å². The van der Waals surface area contributed by atoms with E-state index in [2.05, 4.69) is 36.8 Å². The van der Waals surface area contributed by atoms with Crippen molar-refractivity contribution in [2.24, 2.45) is 10.5 Å². The Morgan fingerprint density at radius 2 is 1.71 bits per heavy atom. The topological polar surface area (TPSA) is 197 Å². The number of aryl methyl sites for hydroxylation is 1. The number of carbonyl (C=O) groups is 4. The molecule has 75 heavy (non-hydrogen) atoms. The molecule has 0 spiro atoms. The highest BCUT2D eigenvalue weighted by Crippen LogP contribution is 2.36. The van der Waals surface area contributed by atoms with E-state index in [-0.39, 0.29) is 94.5 Å². The third-order valence-electron chi connectivity index (χ3n) is 14.3. The van der Waals surface area contributed by atoms with Crippen LogP contribution in [0.25, 0.3) is 16.1 Å². The summed E-state index contributed by atoms with van der Waals surface area (Å²) < 4.78 is 25.5. The smallest absolute Gasteiger partial charge is 0.246 e. The van der Waals surface area contributed by atoms with Crippen LogP contribution >= 0.6 is 11.3 Å². The summed E-state index contributed by atoms with van der Waals surface area (Å²) in [5.74, 6) is 0.244. The highest BCUT2D eigenvalue weighted by Gasteiger charge is 2.44. The first-order valence-electron chi connectivity index (χ1n) is 25.9. The first-order valence-corrected chi connectivity index (χ1v) is 26.8. The molecule has 0 bridgehead atoms. The zero-order valence-electron chi connectivity index (χ0n) is 43.1. The number of carbonyl (C=O) groups excluding carboxylic acids is 4. The number of aliphatic hydroxyl groups excluding tert-OH is 1. The number of thiazole rings is 1. The second-order valence-electron chi connectivity index (χ2n) is 20.6. The van der Waals surface area contributed by atoms with Gasteiger partial charge in [0.25, 0.3) is 0 Å². The summed E-state index contributed by atoms with van der Waals surface area (Å²) in [4.78, 5) is 71.9. The molecule has 5 atom stereocenters. The number of β-amino-alcohol motifs (C(OH)–C–C–N with tert-alkyl or cyclic N) is 1. The van der Waals surface area contributed by atoms with Gasteiger partial charge in [-0.15, -0.1) is 11.3 Å². The molecule has 3 fully saturated rings. The van der Waals surface area contributed by atoms with E-state index in [0.717, 1.165) is 69.7 Å². The molecule has 5 aliphatic heterocycles. The van der Waals surface area contributed by atoms with Crippen LogP contribution in [-0.4, -0.2) is 154 Å². The molecule has 2 aromatic heterocycles. The number of aliphatic hydroxyl groups is 1. The molecule has 18 nitrogen and oxygen atoms in total. The van der Waals surface area contributed by atoms with Crippen LogP contribution in [0.2, 0.25) is 0 Å². The Hall–Kier alpha value is -6.74. The number of piperazine rings is 1. The zero-order chi connectivity index (χ0) is 52.6. The van der Waals surface area contributed by atoms with Crippen LogP contribution in [0.4, 0.5) is 10.2 Å². The van der Waals surface area contributed by atoms with Crippen LogP contribution in [-0.2, 0) is 35.2 Å². The summed E-state index contributed by atoms with van der Waals surface area (Å²) in [5, 5.41) is 26.8. The van der Waals surface area contributed by atoms with E-state index in [4.69, 9.17) is 19.6 Å². The van der Waals surface area contributed by atoms with Crippen LogP contribution in [0.5, 0.6) is 0 Å². The predicted molar refractivity (Wildman–Crippen MR) is 284 cm³/mol. The molecule has 4 N–H and O–H groups in total. The minimum absolute atomic E-state index is 0.00136. The second kappa shape index (κ2) is 23.9. The van der Waals surface area contributed by atoms with Crippen molar-refractivity contribution in [2.75, 3.05) is 70.6 Å². The first-order chi connectivity index (χ1) is 36.2. The molecule has 398 valence electrons. The average Bonchev–Trinajstić information content (AvgIpc) is 4.25. The largest absolute Gasteiger partial charge is 0.391 e. The number of benzene rings is 2. The number of hydrazone groups is 1. The number of nitrogens with one attached hydrogen (secondary N) is 3. The van der Waals surface area contributed by atoms with Gasteiger partial charge < -0.3 is 50.1 Å². The SMILES string of the molecule is Cc1ncsc1-c1ccc(CNC(=O)[C@@H]2C[C@@H](O)CN2C(=O)[C@@H](NC(=O)CCOCCOCCC(=O)N2CCN(c3cccc(C4=CNC5C=CC(N6CCC[C@@H]6c6cccc(F)c6)=NN45)n3)CC2)C(C)(C)C)cc1. The lowest BCUT2D eigenvalue weighted by atomic mass is 9.85. The Kier molecular flexibility index (Phi) is 16.9. The molecule has 20 heteroatoms. The van der Waals surface area contributed by atoms with E-state index in [1.165, 1.54) is 11.0 Å². The lowest BCUT2D eigenvalue weighted by Gasteiger charge is -2.36. The van der Waals surface area contributed by atoms with Gasteiger partial charge in [-0.25, -0.2) is 19.4 Å². The van der Waals surface area contributed by atoms with Crippen molar-refractivity contribution in [3.63, 3.8) is 0 Å². The highest BCUT2D eigenvalue weighted by atomic mass is 32.1. The maximum absolute atomic E-state index is 14.1. The number of pyridine rings is 1. The summed E-state index contributed by atoms with van der Waals surface area (Å²) in [6, 6.07) is 18.9. The molecule has 4 amide bonds. The Morgan fingerprint density at radius 3 is 2.44 bits per heavy atom. The molecule has 4 aromatic rings. The number of ether oxygens (including phenoxy) is 2. The van der Waals surface area contributed by atoms with Crippen molar-refractivity contribution in [2.45, 2.75) is 96.7 Å². The number of amides is 4. The summed E-state index contributed by atoms with van der Waals surface area (Å²) in [6.07, 6.45) is 7.30. The lowest BCUT2D eigenvalue weighted by Crippen LogP contribution is -2.57. The van der Waals surface area contributed by atoms with Gasteiger partial charge in [-0.2, -0.15) is 5.10 Å². The molecule has 9 rings (SSSR count). The van der Waals surface area contributed by atoms with Gasteiger partial charge in [0.2, 0.25) is 23.6 Å². The predicted octanol–water partition coefficient (Wildman–Crippen LogP) is 5.17. The first kappa shape index (κ1) is 53.1. The van der Waals surface area contributed by atoms with Gasteiger partial charge >= 0.3 is 0 Å². The number of rotatable bonds is 18. The Labute approximate surface area is 441 Å². The highest BCUT2D eigenvalue weighted by molar-refractivity contribution is 7.13. The van der Waals surface area contributed by atoms with E-state index < -0.39 is 29.5 Å². The zero-order valence-corrected chi connectivity index (χ0v) is 43.9. The quantitative estimate of drug-likeness (QED) is 0.0954. The molecule has 5 aliphatic rings. The van der Waals surface area contributed by atoms with Crippen LogP contribution in [0.1, 0.15) is 81.4 Å². The van der Waals surface area contributed by atoms with E-state index >= 15 is 0 Å². The van der Waals surface area contributed by atoms with Crippen molar-refractivity contribution in [3.8, 4) is 10.4 Å². The number of hydrogen-bond donors (Lipinski definition) is 4. The normalized spacial score (nSPS) is 20.9. The molecule has 0 aliphatic carbocycles. The number of anilines is 1. The fourth-order valence-corrected chi connectivity index (χ4v) is 11.0. The van der Waals surface area contributed by atoms with Gasteiger partial charge in [-0.05, 0) is 78.3 Å². The number of fused-ring (bicyclic) bond motifs is 1. The standard InChI is InChI=1S/C55H68FN11O7S/c1-36-51(75-35-59-36)38-15-13-37(14-16-38)32-58-53(71)44-31-41(68)34-66(44)54(72)52(55(2,3)4)61-49(69)19-26-73-28-29-74-27-20-50(70)64-24-22-63(23-25-64)47-12-6-10-42(60-47)45-33-57-46-17-18-48(62-67(45)46)65-21-7-11-43(65)39-8-5-9-40(56)30-39/h5-6,8-10,12-18,30,33,35,41,43-44,46,52,57,68H,7,11,19-29,31-32,34H2,1-4H3,(H,58,71)(H,61,69)/t41-,43-,44+,46?,52-/m1/s1. The van der Waals surface area contributed by atoms with Crippen LogP contribution in [0, 0.1) is 18.2 Å². The van der Waals surface area contributed by atoms with E-state index in [1.807, 2.05) is 104 Å². The minimum atomic E-state index is -0.950. The lowest BCUT2D eigenvalue weighted by molar-refractivity contribution is -0.144. The molecule has 1 unspecified atom stereocenters. The summed E-state index contributed by atoms with van der Waals surface area (Å²) in [7, 11) is 0. The molecular weight excluding hydrogens is 978 g/mol. The average molecular weight is 1050 g/mol. The van der Waals surface area contributed by atoms with Crippen LogP contribution < -0.4 is 20.9 Å². The van der Waals surface area contributed by atoms with Crippen molar-refractivity contribution >= 4 is 52.3 Å². The van der Waals surface area contributed by atoms with E-state index in [9.17, 15) is 28.7 Å². The number of nitrogens with zero attached hydrogens (tertiary/aromatic N) is 8. The number of likely N-dealkylation sites (tertiary alicyclic amines) is 2. The van der Waals surface area contributed by atoms with Gasteiger partial charge in [0, 0.05) is 64.9 Å². The van der Waals surface area contributed by atoms with Crippen molar-refractivity contribution < 1.29 is 38.1 Å². The molecule has 7 heterocycles. The fraction of sp³-hybridized carbons (Fsp3) is 0.473. The van der Waals surface area contributed by atoms with Gasteiger partial charge in [0.1, 0.15) is 41.4 Å². The van der Waals surface area contributed by atoms with Crippen LogP contribution in [0.3, 0.4) is 0 Å². The molecule has 0 radical (unpaired) electrons. The number of amidine groups is 1. The van der Waals surface area contributed by atoms with Crippen molar-refractivity contribution in [1.82, 2.24) is 45.6 Å². The Morgan fingerprint density at radius 1 is 0.947 bits per heavy atom. The summed E-state index contributed by atoms with van der Waals surface area (Å²) in [5.41, 5.74) is 6.60. The maximum Gasteiger partial charge on any atom is 0.246 e. The van der Waals surface area contributed by atoms with Gasteiger partial charge in [0.15, 0.2) is 0 Å². The second-order valence-corrected chi connectivity index (χ2v) is 21.5. The monoisotopic (exact) mass is 1050 g/mol. The molecular formula is C55H68FN11O7S. The van der Waals surface area contributed by atoms with Crippen molar-refractivity contribution in [3.05, 3.63) is 119 Å². The maximum atomic E-state index is 14.1. The number of aromatic nitrogens is 2. The minimum Gasteiger partial charge on any atom is -0.391 e.